The van der Waals surface area contributed by atoms with Crippen LogP contribution in [0, 0.1) is 0 Å². The fourth-order valence-corrected chi connectivity index (χ4v) is 4.49. The van der Waals surface area contributed by atoms with Gasteiger partial charge in [-0.2, -0.15) is 0 Å². The minimum atomic E-state index is 0.0301. The lowest BCUT2D eigenvalue weighted by Crippen LogP contribution is -2.35. The average Bonchev–Trinajstić information content (AvgIpc) is 3.46. The number of ketones is 1. The van der Waals surface area contributed by atoms with Crippen LogP contribution in [0.4, 0.5) is 5.82 Å². The number of benzene rings is 1. The Morgan fingerprint density at radius 3 is 3.03 bits per heavy atom. The molecule has 0 bridgehead atoms. The number of rotatable bonds is 6. The maximum atomic E-state index is 12.9. The quantitative estimate of drug-likeness (QED) is 0.466. The standard InChI is InChI=1S/C24H27N5O3/c1-15(2)31-11-16-8-9-18-19(22(16)30)6-3-7-20(18)32-12-17-5-4-10-29(17)24-21-23(26-13-25-21)27-14-28-24/h3,6-7,11,13-15,17H,4-5,8-10,12H2,1-2H3,(H,25,26,27,28)/b16-11-/t17-/m1/s1. The lowest BCUT2D eigenvalue weighted by atomic mass is 9.87. The number of allylic oxidation sites excluding steroid dienone is 1. The third-order valence-corrected chi connectivity index (χ3v) is 6.08. The van der Waals surface area contributed by atoms with E-state index in [0.717, 1.165) is 54.0 Å². The summed E-state index contributed by atoms with van der Waals surface area (Å²) in [6.45, 7) is 5.35. The van der Waals surface area contributed by atoms with Crippen LogP contribution in [0.5, 0.6) is 5.75 Å². The predicted octanol–water partition coefficient (Wildman–Crippen LogP) is 3.84. The van der Waals surface area contributed by atoms with Gasteiger partial charge in [-0.3, -0.25) is 4.79 Å². The zero-order chi connectivity index (χ0) is 22.1. The topological polar surface area (TPSA) is 93.2 Å². The Hall–Kier alpha value is -3.42. The Labute approximate surface area is 186 Å². The van der Waals surface area contributed by atoms with Crippen molar-refractivity contribution >= 4 is 22.8 Å². The highest BCUT2D eigenvalue weighted by Gasteiger charge is 2.30. The summed E-state index contributed by atoms with van der Waals surface area (Å²) in [7, 11) is 0. The number of hydrogen-bond donors (Lipinski definition) is 1. The van der Waals surface area contributed by atoms with Gasteiger partial charge in [0.25, 0.3) is 0 Å². The number of carbonyl (C=O) groups excluding carboxylic acids is 1. The van der Waals surface area contributed by atoms with Crippen LogP contribution in [0.3, 0.4) is 0 Å². The summed E-state index contributed by atoms with van der Waals surface area (Å²) >= 11 is 0. The number of imidazole rings is 1. The maximum absolute atomic E-state index is 12.9. The van der Waals surface area contributed by atoms with Gasteiger partial charge in [-0.05, 0) is 45.6 Å². The maximum Gasteiger partial charge on any atom is 0.192 e. The molecule has 32 heavy (non-hydrogen) atoms. The second-order valence-electron chi connectivity index (χ2n) is 8.54. The van der Waals surface area contributed by atoms with E-state index in [1.54, 1.807) is 18.9 Å². The van der Waals surface area contributed by atoms with Crippen LogP contribution in [-0.4, -0.2) is 51.0 Å². The zero-order valence-electron chi connectivity index (χ0n) is 18.4. The smallest absolute Gasteiger partial charge is 0.192 e. The Bertz CT molecular complexity index is 1170. The molecule has 0 unspecified atom stereocenters. The molecule has 1 fully saturated rings. The number of H-pyrrole nitrogens is 1. The van der Waals surface area contributed by atoms with Gasteiger partial charge in [0.15, 0.2) is 17.2 Å². The molecule has 1 aromatic carbocycles. The molecule has 5 rings (SSSR count). The second kappa shape index (κ2) is 8.61. The van der Waals surface area contributed by atoms with Crippen molar-refractivity contribution in [1.29, 1.82) is 0 Å². The first-order valence-corrected chi connectivity index (χ1v) is 11.2. The summed E-state index contributed by atoms with van der Waals surface area (Å²) in [5.74, 6) is 1.69. The highest BCUT2D eigenvalue weighted by atomic mass is 16.5. The first-order chi connectivity index (χ1) is 15.6. The SMILES string of the molecule is CC(C)O/C=C1/CCc2c(OC[C@H]3CCCN3c3ncnc4nc[nH]c34)cccc2C1=O. The molecular weight excluding hydrogens is 406 g/mol. The van der Waals surface area contributed by atoms with Gasteiger partial charge in [-0.1, -0.05) is 12.1 Å². The number of hydrogen-bond acceptors (Lipinski definition) is 7. The molecule has 166 valence electrons. The molecule has 2 aromatic heterocycles. The number of carbonyl (C=O) groups is 1. The number of fused-ring (bicyclic) bond motifs is 2. The minimum absolute atomic E-state index is 0.0301. The summed E-state index contributed by atoms with van der Waals surface area (Å²) in [6, 6.07) is 5.93. The molecule has 0 saturated carbocycles. The molecule has 0 radical (unpaired) electrons. The molecule has 3 heterocycles. The molecule has 1 atom stereocenters. The van der Waals surface area contributed by atoms with E-state index in [0.29, 0.717) is 24.2 Å². The van der Waals surface area contributed by atoms with E-state index < -0.39 is 0 Å². The van der Waals surface area contributed by atoms with Gasteiger partial charge in [0.05, 0.1) is 24.7 Å². The number of nitrogens with one attached hydrogen (secondary N) is 1. The number of aromatic amines is 1. The molecule has 1 aliphatic carbocycles. The van der Waals surface area contributed by atoms with Gasteiger partial charge in [0.1, 0.15) is 24.2 Å². The first kappa shape index (κ1) is 20.5. The second-order valence-corrected chi connectivity index (χ2v) is 8.54. The number of Topliss-reactive ketones (excluding diaryl/α,β-unsaturated/α-hetero) is 1. The highest BCUT2D eigenvalue weighted by molar-refractivity contribution is 6.11. The number of aromatic nitrogens is 4. The van der Waals surface area contributed by atoms with E-state index in [-0.39, 0.29) is 17.9 Å². The molecule has 0 amide bonds. The van der Waals surface area contributed by atoms with Crippen LogP contribution < -0.4 is 9.64 Å². The van der Waals surface area contributed by atoms with Gasteiger partial charge < -0.3 is 19.4 Å². The fraction of sp³-hybridized carbons (Fsp3) is 0.417. The average molecular weight is 434 g/mol. The van der Waals surface area contributed by atoms with Crippen molar-refractivity contribution in [1.82, 2.24) is 19.9 Å². The largest absolute Gasteiger partial charge is 0.498 e. The third kappa shape index (κ3) is 3.81. The van der Waals surface area contributed by atoms with Gasteiger partial charge in [-0.15, -0.1) is 0 Å². The van der Waals surface area contributed by atoms with Crippen LogP contribution in [-0.2, 0) is 11.2 Å². The lowest BCUT2D eigenvalue weighted by molar-refractivity contribution is 0.101. The monoisotopic (exact) mass is 433 g/mol. The summed E-state index contributed by atoms with van der Waals surface area (Å²) in [6.07, 6.45) is 8.40. The molecule has 8 nitrogen and oxygen atoms in total. The molecule has 0 spiro atoms. The fourth-order valence-electron chi connectivity index (χ4n) is 4.49. The summed E-state index contributed by atoms with van der Waals surface area (Å²) in [5.41, 5.74) is 3.94. The minimum Gasteiger partial charge on any atom is -0.498 e. The Kier molecular flexibility index (Phi) is 5.51. The van der Waals surface area contributed by atoms with Crippen molar-refractivity contribution in [3.8, 4) is 5.75 Å². The van der Waals surface area contributed by atoms with Crippen molar-refractivity contribution in [2.45, 2.75) is 51.7 Å². The molecule has 3 aromatic rings. The Morgan fingerprint density at radius 2 is 2.16 bits per heavy atom. The van der Waals surface area contributed by atoms with Gasteiger partial charge in [0, 0.05) is 23.2 Å². The van der Waals surface area contributed by atoms with Crippen molar-refractivity contribution in [3.05, 3.63) is 53.8 Å². The zero-order valence-corrected chi connectivity index (χ0v) is 18.4. The van der Waals surface area contributed by atoms with Crippen LogP contribution >= 0.6 is 0 Å². The van der Waals surface area contributed by atoms with Gasteiger partial charge >= 0.3 is 0 Å². The van der Waals surface area contributed by atoms with Gasteiger partial charge in [-0.25, -0.2) is 15.0 Å². The summed E-state index contributed by atoms with van der Waals surface area (Å²) in [5, 5.41) is 0. The van der Waals surface area contributed by atoms with E-state index >= 15 is 0 Å². The Morgan fingerprint density at radius 1 is 1.25 bits per heavy atom. The Balaban J connectivity index is 1.33. The van der Waals surface area contributed by atoms with Crippen molar-refractivity contribution in [2.24, 2.45) is 0 Å². The first-order valence-electron chi connectivity index (χ1n) is 11.2. The van der Waals surface area contributed by atoms with Crippen molar-refractivity contribution in [3.63, 3.8) is 0 Å². The number of ether oxygens (including phenoxy) is 2. The van der Waals surface area contributed by atoms with E-state index in [1.165, 1.54) is 0 Å². The number of nitrogens with zero attached hydrogens (tertiary/aromatic N) is 4. The van der Waals surface area contributed by atoms with Crippen LogP contribution in [0.25, 0.3) is 11.2 Å². The van der Waals surface area contributed by atoms with E-state index in [1.807, 2.05) is 32.0 Å². The lowest BCUT2D eigenvalue weighted by Gasteiger charge is -2.27. The molecular formula is C24H27N5O3. The van der Waals surface area contributed by atoms with Crippen molar-refractivity contribution < 1.29 is 14.3 Å². The predicted molar refractivity (Wildman–Crippen MR) is 121 cm³/mol. The van der Waals surface area contributed by atoms with Crippen LogP contribution in [0.2, 0.25) is 0 Å². The van der Waals surface area contributed by atoms with E-state index in [2.05, 4.69) is 24.8 Å². The summed E-state index contributed by atoms with van der Waals surface area (Å²) < 4.78 is 11.9. The molecule has 1 aliphatic heterocycles. The molecule has 1 saturated heterocycles. The van der Waals surface area contributed by atoms with Gasteiger partial charge in [0.2, 0.25) is 0 Å². The molecule has 8 heteroatoms. The number of anilines is 1. The van der Waals surface area contributed by atoms with E-state index in [9.17, 15) is 4.79 Å². The molecule has 2 aliphatic rings. The van der Waals surface area contributed by atoms with Crippen LogP contribution in [0.1, 0.15) is 49.0 Å². The molecule has 1 N–H and O–H groups in total. The normalized spacial score (nSPS) is 19.7. The third-order valence-electron chi connectivity index (χ3n) is 6.08. The van der Waals surface area contributed by atoms with Crippen LogP contribution in [0.15, 0.2) is 42.7 Å². The summed E-state index contributed by atoms with van der Waals surface area (Å²) in [4.78, 5) is 31.3. The van der Waals surface area contributed by atoms with E-state index in [4.69, 9.17) is 9.47 Å². The highest BCUT2D eigenvalue weighted by Crippen LogP contribution is 2.33. The van der Waals surface area contributed by atoms with Crippen molar-refractivity contribution in [2.75, 3.05) is 18.1 Å².